The Bertz CT molecular complexity index is 1330. The van der Waals surface area contributed by atoms with Gasteiger partial charge in [0.2, 0.25) is 10.0 Å². The van der Waals surface area contributed by atoms with Crippen LogP contribution in [0.4, 0.5) is 0 Å². The molecule has 0 aliphatic carbocycles. The van der Waals surface area contributed by atoms with Gasteiger partial charge in [-0.05, 0) is 46.8 Å². The maximum Gasteiger partial charge on any atom is 0.240 e. The van der Waals surface area contributed by atoms with E-state index in [1.807, 2.05) is 30.3 Å². The summed E-state index contributed by atoms with van der Waals surface area (Å²) >= 11 is 1.08. The highest BCUT2D eigenvalue weighted by molar-refractivity contribution is 7.93. The average molecular weight is 474 g/mol. The number of rotatable bonds is 8. The van der Waals surface area contributed by atoms with Crippen LogP contribution in [-0.4, -0.2) is 23.4 Å². The Hall–Kier alpha value is -2.72. The Morgan fingerprint density at radius 3 is 2.13 bits per heavy atom. The maximum absolute atomic E-state index is 13.1. The molecule has 0 fully saturated rings. The molecule has 0 aliphatic heterocycles. The van der Waals surface area contributed by atoms with Gasteiger partial charge >= 0.3 is 0 Å². The Kier molecular flexibility index (Phi) is 6.10. The zero-order valence-electron chi connectivity index (χ0n) is 16.2. The predicted molar refractivity (Wildman–Crippen MR) is 120 cm³/mol. The van der Waals surface area contributed by atoms with Gasteiger partial charge in [0.15, 0.2) is 9.84 Å². The summed E-state index contributed by atoms with van der Waals surface area (Å²) in [5.41, 5.74) is 1.85. The summed E-state index contributed by atoms with van der Waals surface area (Å²) in [5, 5.41) is 0.476. The van der Waals surface area contributed by atoms with Crippen LogP contribution >= 0.6 is 11.3 Å². The minimum absolute atomic E-state index is 0.0545. The van der Waals surface area contributed by atoms with Gasteiger partial charge in [-0.15, -0.1) is 11.3 Å². The van der Waals surface area contributed by atoms with Gasteiger partial charge in [-0.1, -0.05) is 48.5 Å². The Morgan fingerprint density at radius 1 is 0.806 bits per heavy atom. The molecule has 0 spiro atoms. The number of thiophene rings is 1. The van der Waals surface area contributed by atoms with Crippen LogP contribution in [0.2, 0.25) is 0 Å². The molecular formula is C22H19NO5S3. The first-order chi connectivity index (χ1) is 14.9. The summed E-state index contributed by atoms with van der Waals surface area (Å²) in [6, 6.07) is 22.3. The van der Waals surface area contributed by atoms with Crippen molar-refractivity contribution < 1.29 is 21.3 Å². The van der Waals surface area contributed by atoms with Crippen molar-refractivity contribution in [2.24, 2.45) is 0 Å². The van der Waals surface area contributed by atoms with Crippen molar-refractivity contribution in [1.82, 2.24) is 4.72 Å². The van der Waals surface area contributed by atoms with E-state index >= 15 is 0 Å². The van der Waals surface area contributed by atoms with E-state index in [4.69, 9.17) is 4.42 Å². The molecule has 0 amide bonds. The zero-order chi connectivity index (χ0) is 21.9. The average Bonchev–Trinajstić information content (AvgIpc) is 3.49. The normalized spacial score (nSPS) is 13.2. The van der Waals surface area contributed by atoms with Gasteiger partial charge in [0, 0.05) is 6.54 Å². The maximum atomic E-state index is 13.1. The van der Waals surface area contributed by atoms with Crippen LogP contribution in [0.3, 0.4) is 0 Å². The number of benzene rings is 2. The molecule has 1 unspecified atom stereocenters. The lowest BCUT2D eigenvalue weighted by Crippen LogP contribution is -2.31. The van der Waals surface area contributed by atoms with Crippen LogP contribution in [0, 0.1) is 0 Å². The van der Waals surface area contributed by atoms with E-state index in [2.05, 4.69) is 4.72 Å². The zero-order valence-corrected chi connectivity index (χ0v) is 18.7. The first-order valence-electron chi connectivity index (χ1n) is 9.34. The Labute approximate surface area is 185 Å². The van der Waals surface area contributed by atoms with Crippen molar-refractivity contribution in [2.75, 3.05) is 6.54 Å². The van der Waals surface area contributed by atoms with Gasteiger partial charge in [-0.25, -0.2) is 21.6 Å². The summed E-state index contributed by atoms with van der Waals surface area (Å²) in [7, 11) is -7.76. The molecule has 1 N–H and O–H groups in total. The lowest BCUT2D eigenvalue weighted by atomic mass is 10.1. The summed E-state index contributed by atoms with van der Waals surface area (Å²) in [6.45, 7) is -0.351. The second-order valence-electron chi connectivity index (χ2n) is 6.72. The third kappa shape index (κ3) is 4.64. The highest BCUT2D eigenvalue weighted by Crippen LogP contribution is 2.32. The molecule has 31 heavy (non-hydrogen) atoms. The fraction of sp³-hybridized carbons (Fsp3) is 0.0909. The smallest absolute Gasteiger partial charge is 0.240 e. The van der Waals surface area contributed by atoms with Crippen LogP contribution < -0.4 is 4.72 Å². The van der Waals surface area contributed by atoms with Gasteiger partial charge < -0.3 is 4.42 Å². The molecule has 0 saturated carbocycles. The molecule has 1 atom stereocenters. The minimum atomic E-state index is -3.93. The lowest BCUT2D eigenvalue weighted by Gasteiger charge is -2.16. The number of sulfonamides is 1. The van der Waals surface area contributed by atoms with Gasteiger partial charge in [-0.3, -0.25) is 0 Å². The molecule has 2 aromatic carbocycles. The molecule has 0 aliphatic rings. The molecular weight excluding hydrogens is 454 g/mol. The van der Waals surface area contributed by atoms with Crippen LogP contribution in [-0.2, 0) is 19.9 Å². The van der Waals surface area contributed by atoms with Gasteiger partial charge in [0.05, 0.1) is 11.2 Å². The monoisotopic (exact) mass is 473 g/mol. The Balaban J connectivity index is 1.57. The minimum Gasteiger partial charge on any atom is -0.468 e. The molecule has 4 aromatic rings. The van der Waals surface area contributed by atoms with E-state index in [1.54, 1.807) is 29.6 Å². The van der Waals surface area contributed by atoms with Crippen LogP contribution in [0.5, 0.6) is 0 Å². The second kappa shape index (κ2) is 8.80. The Morgan fingerprint density at radius 2 is 1.52 bits per heavy atom. The van der Waals surface area contributed by atoms with E-state index in [0.717, 1.165) is 22.5 Å². The van der Waals surface area contributed by atoms with E-state index in [1.165, 1.54) is 30.5 Å². The molecule has 4 rings (SSSR count). The number of furan rings is 1. The largest absolute Gasteiger partial charge is 0.468 e. The topological polar surface area (TPSA) is 93.4 Å². The van der Waals surface area contributed by atoms with Crippen molar-refractivity contribution in [2.45, 2.75) is 14.4 Å². The molecule has 160 valence electrons. The van der Waals surface area contributed by atoms with Crippen molar-refractivity contribution in [3.63, 3.8) is 0 Å². The highest BCUT2D eigenvalue weighted by atomic mass is 32.2. The van der Waals surface area contributed by atoms with Crippen molar-refractivity contribution in [3.8, 4) is 11.1 Å². The first-order valence-corrected chi connectivity index (χ1v) is 13.2. The van der Waals surface area contributed by atoms with E-state index in [0.29, 0.717) is 0 Å². The number of sulfone groups is 1. The molecule has 2 heterocycles. The van der Waals surface area contributed by atoms with Crippen molar-refractivity contribution in [1.29, 1.82) is 0 Å². The van der Waals surface area contributed by atoms with E-state index in [-0.39, 0.29) is 21.4 Å². The van der Waals surface area contributed by atoms with Crippen molar-refractivity contribution in [3.05, 3.63) is 96.3 Å². The molecule has 9 heteroatoms. The van der Waals surface area contributed by atoms with Crippen LogP contribution in [0.15, 0.2) is 104 Å². The lowest BCUT2D eigenvalue weighted by molar-refractivity contribution is 0.487. The molecule has 0 radical (unpaired) electrons. The van der Waals surface area contributed by atoms with Crippen molar-refractivity contribution >= 4 is 31.2 Å². The second-order valence-corrected chi connectivity index (χ2v) is 11.8. The van der Waals surface area contributed by atoms with Crippen LogP contribution in [0.25, 0.3) is 11.1 Å². The van der Waals surface area contributed by atoms with Gasteiger partial charge in [-0.2, -0.15) is 0 Å². The standard InChI is InChI=1S/C22H19NO5S3/c24-30(25,22-9-5-15-29-22)21(20-8-4-14-28-20)16-23-31(26,27)19-12-10-18(11-13-19)17-6-2-1-3-7-17/h1-15,21,23H,16H2. The fourth-order valence-electron chi connectivity index (χ4n) is 3.13. The summed E-state index contributed by atoms with van der Waals surface area (Å²) in [6.07, 6.45) is 1.36. The van der Waals surface area contributed by atoms with Crippen LogP contribution in [0.1, 0.15) is 11.0 Å². The summed E-state index contributed by atoms with van der Waals surface area (Å²) < 4.78 is 59.7. The van der Waals surface area contributed by atoms with Gasteiger partial charge in [0.25, 0.3) is 0 Å². The molecule has 0 saturated heterocycles. The van der Waals surface area contributed by atoms with Gasteiger partial charge in [0.1, 0.15) is 15.2 Å². The van der Waals surface area contributed by atoms with E-state index < -0.39 is 25.1 Å². The third-order valence-electron chi connectivity index (χ3n) is 4.74. The first kappa shape index (κ1) is 21.5. The quantitative estimate of drug-likeness (QED) is 0.407. The number of hydrogen-bond acceptors (Lipinski definition) is 6. The van der Waals surface area contributed by atoms with E-state index in [9.17, 15) is 16.8 Å². The summed E-state index contributed by atoms with van der Waals surface area (Å²) in [4.78, 5) is 0.0545. The number of nitrogens with one attached hydrogen (secondary N) is 1. The fourth-order valence-corrected chi connectivity index (χ4v) is 7.07. The SMILES string of the molecule is O=S(=O)(NCC(c1ccco1)S(=O)(=O)c1cccs1)c1ccc(-c2ccccc2)cc1. The highest BCUT2D eigenvalue weighted by Gasteiger charge is 2.33. The third-order valence-corrected chi connectivity index (χ3v) is 9.67. The molecule has 6 nitrogen and oxygen atoms in total. The summed E-state index contributed by atoms with van der Waals surface area (Å²) in [5.74, 6) is 0.176. The molecule has 0 bridgehead atoms. The predicted octanol–water partition coefficient (Wildman–Crippen LogP) is 4.50. The molecule has 2 aromatic heterocycles. The number of hydrogen-bond donors (Lipinski definition) is 1.